The second-order valence-corrected chi connectivity index (χ2v) is 8.31. The van der Waals surface area contributed by atoms with Crippen molar-refractivity contribution >= 4 is 17.0 Å². The number of nitrogens with zero attached hydrogens (tertiary/aromatic N) is 5. The standard InChI is InChI=1S/C25H25N5O4/c1-31-20-11-17(14-30-16-28-19-3-2-6-26-25(19)30)12-21-24(20)34-22(15-33-21)18-4-5-23(27-13-18)29-7-9-32-10-8-29/h2-6,11-13,16,22H,7-10,14-15H2,1H3. The lowest BCUT2D eigenvalue weighted by atomic mass is 10.1. The van der Waals surface area contributed by atoms with Crippen LogP contribution in [0, 0.1) is 0 Å². The number of ether oxygens (including phenoxy) is 4. The van der Waals surface area contributed by atoms with Crippen LogP contribution in [0.5, 0.6) is 17.2 Å². The number of anilines is 1. The van der Waals surface area contributed by atoms with Crippen LogP contribution < -0.4 is 19.1 Å². The van der Waals surface area contributed by atoms with Crippen LogP contribution in [0.2, 0.25) is 0 Å². The summed E-state index contributed by atoms with van der Waals surface area (Å²) in [7, 11) is 1.64. The zero-order valence-electron chi connectivity index (χ0n) is 18.9. The zero-order valence-corrected chi connectivity index (χ0v) is 18.9. The number of rotatable bonds is 5. The van der Waals surface area contributed by atoms with Crippen LogP contribution in [0.3, 0.4) is 0 Å². The summed E-state index contributed by atoms with van der Waals surface area (Å²) in [5, 5.41) is 0. The SMILES string of the molecule is COc1cc(Cn2cnc3cccnc32)cc2c1OC(c1ccc(N3CCOCC3)nc1)CO2. The lowest BCUT2D eigenvalue weighted by molar-refractivity contribution is 0.0867. The molecular formula is C25H25N5O4. The van der Waals surface area contributed by atoms with Crippen LogP contribution >= 0.6 is 0 Å². The zero-order chi connectivity index (χ0) is 22.9. The Morgan fingerprint density at radius 1 is 1.09 bits per heavy atom. The Kier molecular flexibility index (Phi) is 5.38. The minimum absolute atomic E-state index is 0.264. The van der Waals surface area contributed by atoms with E-state index in [-0.39, 0.29) is 6.10 Å². The van der Waals surface area contributed by atoms with Crippen molar-refractivity contribution in [3.8, 4) is 17.2 Å². The molecule has 1 fully saturated rings. The molecular weight excluding hydrogens is 434 g/mol. The molecule has 0 spiro atoms. The van der Waals surface area contributed by atoms with Crippen LogP contribution in [-0.2, 0) is 11.3 Å². The highest BCUT2D eigenvalue weighted by atomic mass is 16.6. The van der Waals surface area contributed by atoms with E-state index < -0.39 is 0 Å². The highest BCUT2D eigenvalue weighted by Gasteiger charge is 2.27. The first-order valence-electron chi connectivity index (χ1n) is 11.3. The number of hydrogen-bond acceptors (Lipinski definition) is 8. The van der Waals surface area contributed by atoms with Gasteiger partial charge < -0.3 is 28.4 Å². The van der Waals surface area contributed by atoms with Crippen LogP contribution in [0.25, 0.3) is 11.2 Å². The molecule has 0 bridgehead atoms. The fourth-order valence-corrected chi connectivity index (χ4v) is 4.38. The highest BCUT2D eigenvalue weighted by Crippen LogP contribution is 2.44. The first-order chi connectivity index (χ1) is 16.8. The topological polar surface area (TPSA) is 83.8 Å². The van der Waals surface area contributed by atoms with E-state index in [1.54, 1.807) is 19.6 Å². The Bertz CT molecular complexity index is 1280. The molecule has 6 rings (SSSR count). The predicted octanol–water partition coefficient (Wildman–Crippen LogP) is 3.23. The summed E-state index contributed by atoms with van der Waals surface area (Å²) in [4.78, 5) is 15.7. The lowest BCUT2D eigenvalue weighted by Crippen LogP contribution is -2.36. The van der Waals surface area contributed by atoms with E-state index >= 15 is 0 Å². The Labute approximate surface area is 196 Å². The number of imidazole rings is 1. The van der Waals surface area contributed by atoms with Gasteiger partial charge in [0.05, 0.1) is 33.2 Å². The van der Waals surface area contributed by atoms with E-state index in [9.17, 15) is 0 Å². The maximum Gasteiger partial charge on any atom is 0.204 e. The molecule has 3 aromatic heterocycles. The van der Waals surface area contributed by atoms with Crippen LogP contribution in [0.15, 0.2) is 55.1 Å². The summed E-state index contributed by atoms with van der Waals surface area (Å²) < 4.78 is 25.6. The minimum atomic E-state index is -0.264. The van der Waals surface area contributed by atoms with E-state index in [0.717, 1.165) is 54.4 Å². The van der Waals surface area contributed by atoms with Gasteiger partial charge in [0.1, 0.15) is 17.9 Å². The molecule has 9 heteroatoms. The highest BCUT2D eigenvalue weighted by molar-refractivity contribution is 5.70. The summed E-state index contributed by atoms with van der Waals surface area (Å²) in [5.41, 5.74) is 3.68. The van der Waals surface area contributed by atoms with Gasteiger partial charge in [-0.1, -0.05) is 0 Å². The average Bonchev–Trinajstić information content (AvgIpc) is 3.31. The van der Waals surface area contributed by atoms with Crippen molar-refractivity contribution in [3.05, 3.63) is 66.2 Å². The monoisotopic (exact) mass is 459 g/mol. The number of hydrogen-bond donors (Lipinski definition) is 0. The molecule has 0 amide bonds. The molecule has 1 atom stereocenters. The van der Waals surface area contributed by atoms with Gasteiger partial charge in [-0.25, -0.2) is 15.0 Å². The smallest absolute Gasteiger partial charge is 0.204 e. The maximum absolute atomic E-state index is 6.33. The first kappa shape index (κ1) is 20.7. The molecule has 0 saturated carbocycles. The molecule has 0 aliphatic carbocycles. The van der Waals surface area contributed by atoms with Crippen molar-refractivity contribution < 1.29 is 18.9 Å². The largest absolute Gasteiger partial charge is 0.493 e. The molecule has 0 radical (unpaired) electrons. The molecule has 1 unspecified atom stereocenters. The molecule has 4 aromatic rings. The Morgan fingerprint density at radius 2 is 2.00 bits per heavy atom. The molecule has 1 aromatic carbocycles. The number of benzene rings is 1. The van der Waals surface area contributed by atoms with Gasteiger partial charge in [-0.2, -0.15) is 0 Å². The van der Waals surface area contributed by atoms with Crippen molar-refractivity contribution in [2.24, 2.45) is 0 Å². The van der Waals surface area contributed by atoms with Crippen LogP contribution in [0.4, 0.5) is 5.82 Å². The molecule has 9 nitrogen and oxygen atoms in total. The van der Waals surface area contributed by atoms with Gasteiger partial charge >= 0.3 is 0 Å². The molecule has 2 aliphatic heterocycles. The minimum Gasteiger partial charge on any atom is -0.493 e. The van der Waals surface area contributed by atoms with Crippen molar-refractivity contribution in [3.63, 3.8) is 0 Å². The summed E-state index contributed by atoms with van der Waals surface area (Å²) in [6.07, 6.45) is 5.17. The lowest BCUT2D eigenvalue weighted by Gasteiger charge is -2.30. The van der Waals surface area contributed by atoms with E-state index in [2.05, 4.69) is 25.9 Å². The third kappa shape index (κ3) is 3.88. The van der Waals surface area contributed by atoms with Gasteiger partial charge in [0.25, 0.3) is 0 Å². The number of aromatic nitrogens is 4. The second kappa shape index (κ2) is 8.83. The Hall–Kier alpha value is -3.85. The summed E-state index contributed by atoms with van der Waals surface area (Å²) >= 11 is 0. The molecule has 5 heterocycles. The number of morpholine rings is 1. The average molecular weight is 460 g/mol. The van der Waals surface area contributed by atoms with Gasteiger partial charge in [-0.15, -0.1) is 0 Å². The molecule has 174 valence electrons. The summed E-state index contributed by atoms with van der Waals surface area (Å²) in [6, 6.07) is 11.9. The van der Waals surface area contributed by atoms with Gasteiger partial charge in [0, 0.05) is 31.0 Å². The summed E-state index contributed by atoms with van der Waals surface area (Å²) in [6.45, 7) is 4.16. The van der Waals surface area contributed by atoms with Crippen molar-refractivity contribution in [2.75, 3.05) is 44.9 Å². The van der Waals surface area contributed by atoms with E-state index in [1.165, 1.54) is 0 Å². The number of methoxy groups -OCH3 is 1. The van der Waals surface area contributed by atoms with E-state index in [1.807, 2.05) is 41.1 Å². The van der Waals surface area contributed by atoms with Crippen molar-refractivity contribution in [1.29, 1.82) is 0 Å². The van der Waals surface area contributed by atoms with Crippen LogP contribution in [0.1, 0.15) is 17.2 Å². The van der Waals surface area contributed by atoms with Crippen molar-refractivity contribution in [1.82, 2.24) is 19.5 Å². The molecule has 2 aliphatic rings. The fraction of sp³-hybridized carbons (Fsp3) is 0.320. The molecule has 0 N–H and O–H groups in total. The van der Waals surface area contributed by atoms with Crippen LogP contribution in [-0.4, -0.2) is 59.5 Å². The van der Waals surface area contributed by atoms with Gasteiger partial charge in [0.15, 0.2) is 23.3 Å². The Balaban J connectivity index is 1.22. The van der Waals surface area contributed by atoms with E-state index in [4.69, 9.17) is 18.9 Å². The third-order valence-electron chi connectivity index (χ3n) is 6.16. The summed E-state index contributed by atoms with van der Waals surface area (Å²) in [5.74, 6) is 2.86. The van der Waals surface area contributed by atoms with E-state index in [0.29, 0.717) is 30.4 Å². The molecule has 34 heavy (non-hydrogen) atoms. The van der Waals surface area contributed by atoms with Gasteiger partial charge in [-0.3, -0.25) is 0 Å². The first-order valence-corrected chi connectivity index (χ1v) is 11.3. The predicted molar refractivity (Wildman–Crippen MR) is 126 cm³/mol. The number of fused-ring (bicyclic) bond motifs is 2. The fourth-order valence-electron chi connectivity index (χ4n) is 4.38. The van der Waals surface area contributed by atoms with Gasteiger partial charge in [-0.05, 0) is 42.0 Å². The second-order valence-electron chi connectivity index (χ2n) is 8.31. The Morgan fingerprint density at radius 3 is 2.82 bits per heavy atom. The maximum atomic E-state index is 6.33. The quantitative estimate of drug-likeness (QED) is 0.450. The van der Waals surface area contributed by atoms with Crippen molar-refractivity contribution in [2.45, 2.75) is 12.6 Å². The van der Waals surface area contributed by atoms with Gasteiger partial charge in [0.2, 0.25) is 5.75 Å². The molecule has 1 saturated heterocycles. The normalized spacial score (nSPS) is 17.7. The number of pyridine rings is 2. The third-order valence-corrected chi connectivity index (χ3v) is 6.16.